The molecule has 1 amide bonds. The van der Waals surface area contributed by atoms with Gasteiger partial charge in [0.1, 0.15) is 0 Å². The van der Waals surface area contributed by atoms with Gasteiger partial charge in [0, 0.05) is 24.2 Å². The summed E-state index contributed by atoms with van der Waals surface area (Å²) in [6.45, 7) is 11.3. The lowest BCUT2D eigenvalue weighted by molar-refractivity contribution is 0.0972. The highest BCUT2D eigenvalue weighted by molar-refractivity contribution is 7.54. The third kappa shape index (κ3) is 2.79. The van der Waals surface area contributed by atoms with Crippen LogP contribution in [0.5, 0.6) is 0 Å². The summed E-state index contributed by atoms with van der Waals surface area (Å²) in [6.07, 6.45) is -0.720. The molecule has 2 atom stereocenters. The quantitative estimate of drug-likeness (QED) is 0.474. The second-order valence-electron chi connectivity index (χ2n) is 6.14. The third-order valence-corrected chi connectivity index (χ3v) is 6.31. The average Bonchev–Trinajstić information content (AvgIpc) is 3.12. The predicted molar refractivity (Wildman–Crippen MR) is 70.4 cm³/mol. The average molecular weight is 291 g/mol. The third-order valence-electron chi connectivity index (χ3n) is 3.40. The number of amides is 1. The van der Waals surface area contributed by atoms with Crippen molar-refractivity contribution in [2.45, 2.75) is 45.7 Å². The molecule has 0 aromatic rings. The Hall–Kier alpha value is -0.620. The first kappa shape index (κ1) is 14.8. The van der Waals surface area contributed by atoms with E-state index in [2.05, 4.69) is 5.48 Å². The highest BCUT2D eigenvalue weighted by Crippen LogP contribution is 2.69. The Bertz CT molecular complexity index is 412. The summed E-state index contributed by atoms with van der Waals surface area (Å²) in [6, 6.07) is 0. The molecular weight excluding hydrogens is 269 g/mol. The number of nitrogens with zero attached hydrogens (tertiary/aromatic N) is 2. The maximum atomic E-state index is 13.0. The molecule has 2 unspecified atom stereocenters. The standard InChI is InChI=1S/C11H22N3O4P/c1-6-17-9(15)12-18-19(16,13-7-10(13,2)3)14-8-11(14,4)5/h6-8H2,1-5H3,(H,12,15). The number of nitrogens with one attached hydrogen (secondary N) is 1. The van der Waals surface area contributed by atoms with Crippen molar-refractivity contribution < 1.29 is 18.7 Å². The molecule has 0 aliphatic carbocycles. The summed E-state index contributed by atoms with van der Waals surface area (Å²) in [5.41, 5.74) is 1.81. The summed E-state index contributed by atoms with van der Waals surface area (Å²) < 4.78 is 26.5. The minimum atomic E-state index is -3.21. The van der Waals surface area contributed by atoms with Gasteiger partial charge in [-0.15, -0.1) is 0 Å². The molecule has 2 fully saturated rings. The van der Waals surface area contributed by atoms with Gasteiger partial charge in [0.15, 0.2) is 0 Å². The Balaban J connectivity index is 2.05. The Kier molecular flexibility index (Phi) is 3.46. The Labute approximate surface area is 113 Å². The Morgan fingerprint density at radius 3 is 1.95 bits per heavy atom. The highest BCUT2D eigenvalue weighted by Gasteiger charge is 2.65. The van der Waals surface area contributed by atoms with Crippen LogP contribution in [0.15, 0.2) is 0 Å². The van der Waals surface area contributed by atoms with Gasteiger partial charge in [-0.05, 0) is 34.6 Å². The molecule has 2 saturated heterocycles. The van der Waals surface area contributed by atoms with Gasteiger partial charge in [0.05, 0.1) is 6.61 Å². The van der Waals surface area contributed by atoms with E-state index in [-0.39, 0.29) is 17.7 Å². The van der Waals surface area contributed by atoms with Crippen molar-refractivity contribution in [3.8, 4) is 0 Å². The summed E-state index contributed by atoms with van der Waals surface area (Å²) in [4.78, 5) is 11.3. The Morgan fingerprint density at radius 2 is 1.63 bits per heavy atom. The van der Waals surface area contributed by atoms with E-state index in [0.717, 1.165) is 0 Å². The lowest BCUT2D eigenvalue weighted by atomic mass is 10.2. The molecule has 1 N–H and O–H groups in total. The van der Waals surface area contributed by atoms with Gasteiger partial charge in [-0.2, -0.15) is 10.1 Å². The van der Waals surface area contributed by atoms with Crippen molar-refractivity contribution in [3.63, 3.8) is 0 Å². The van der Waals surface area contributed by atoms with E-state index < -0.39 is 13.8 Å². The molecule has 0 radical (unpaired) electrons. The van der Waals surface area contributed by atoms with Crippen LogP contribution in [0, 0.1) is 0 Å². The van der Waals surface area contributed by atoms with Crippen LogP contribution in [0.2, 0.25) is 0 Å². The molecule has 2 aliphatic rings. The maximum Gasteiger partial charge on any atom is 0.431 e. The lowest BCUT2D eigenvalue weighted by Crippen LogP contribution is -2.28. The van der Waals surface area contributed by atoms with Gasteiger partial charge in [-0.25, -0.2) is 14.1 Å². The van der Waals surface area contributed by atoms with E-state index in [1.165, 1.54) is 0 Å². The molecule has 0 bridgehead atoms. The largest absolute Gasteiger partial charge is 0.448 e. The highest BCUT2D eigenvalue weighted by atomic mass is 31.2. The van der Waals surface area contributed by atoms with Crippen molar-refractivity contribution in [1.82, 2.24) is 14.8 Å². The summed E-state index contributed by atoms with van der Waals surface area (Å²) >= 11 is 0. The first-order valence-electron chi connectivity index (χ1n) is 6.41. The first-order chi connectivity index (χ1) is 8.63. The van der Waals surface area contributed by atoms with Crippen LogP contribution < -0.4 is 5.48 Å². The van der Waals surface area contributed by atoms with Gasteiger partial charge in [0.2, 0.25) is 0 Å². The minimum Gasteiger partial charge on any atom is -0.448 e. The zero-order valence-corrected chi connectivity index (χ0v) is 13.0. The topological polar surface area (TPSA) is 70.7 Å². The Morgan fingerprint density at radius 1 is 1.21 bits per heavy atom. The number of carbonyl (C=O) groups excluding carboxylic acids is 1. The summed E-state index contributed by atoms with van der Waals surface area (Å²) in [5.74, 6) is 0. The molecule has 8 heteroatoms. The van der Waals surface area contributed by atoms with E-state index >= 15 is 0 Å². The van der Waals surface area contributed by atoms with Gasteiger partial charge in [-0.1, -0.05) is 0 Å². The molecule has 19 heavy (non-hydrogen) atoms. The molecule has 7 nitrogen and oxygen atoms in total. The zero-order chi connectivity index (χ0) is 14.5. The number of rotatable bonds is 5. The number of carbonyl (C=O) groups is 1. The van der Waals surface area contributed by atoms with Crippen LogP contribution in [-0.4, -0.2) is 46.2 Å². The molecule has 2 rings (SSSR count). The fourth-order valence-corrected chi connectivity index (χ4v) is 5.08. The molecular formula is C11H22N3O4P. The van der Waals surface area contributed by atoms with Crippen molar-refractivity contribution in [2.24, 2.45) is 0 Å². The molecule has 110 valence electrons. The predicted octanol–water partition coefficient (Wildman–Crippen LogP) is 1.96. The van der Waals surface area contributed by atoms with Crippen molar-refractivity contribution in [2.75, 3.05) is 19.7 Å². The molecule has 2 aliphatic heterocycles. The molecule has 0 spiro atoms. The van der Waals surface area contributed by atoms with Gasteiger partial charge in [-0.3, -0.25) is 4.57 Å². The number of hydroxylamine groups is 1. The van der Waals surface area contributed by atoms with E-state index in [1.54, 1.807) is 16.3 Å². The van der Waals surface area contributed by atoms with E-state index in [0.29, 0.717) is 13.1 Å². The smallest absolute Gasteiger partial charge is 0.431 e. The number of hydrogen-bond donors (Lipinski definition) is 1. The first-order valence-corrected chi connectivity index (χ1v) is 7.94. The summed E-state index contributed by atoms with van der Waals surface area (Å²) in [7, 11) is -3.21. The molecule has 2 heterocycles. The normalized spacial score (nSPS) is 33.1. The van der Waals surface area contributed by atoms with Crippen molar-refractivity contribution >= 4 is 13.8 Å². The van der Waals surface area contributed by atoms with E-state index in [4.69, 9.17) is 9.36 Å². The van der Waals surface area contributed by atoms with E-state index in [9.17, 15) is 9.36 Å². The van der Waals surface area contributed by atoms with Gasteiger partial charge < -0.3 is 4.74 Å². The van der Waals surface area contributed by atoms with Gasteiger partial charge >= 0.3 is 13.8 Å². The minimum absolute atomic E-state index is 0.162. The van der Waals surface area contributed by atoms with Crippen LogP contribution in [0.3, 0.4) is 0 Å². The molecule has 0 saturated carbocycles. The van der Waals surface area contributed by atoms with Crippen LogP contribution >= 0.6 is 7.67 Å². The SMILES string of the molecule is CCOC(=O)NOP(=O)(N1CC1(C)C)N1CC1(C)C. The molecule has 0 aromatic heterocycles. The fraction of sp³-hybridized carbons (Fsp3) is 0.909. The second kappa shape index (κ2) is 4.45. The number of ether oxygens (including phenoxy) is 1. The summed E-state index contributed by atoms with van der Waals surface area (Å²) in [5, 5.41) is 0. The van der Waals surface area contributed by atoms with Crippen LogP contribution in [0.1, 0.15) is 34.6 Å². The fourth-order valence-electron chi connectivity index (χ4n) is 2.01. The zero-order valence-electron chi connectivity index (χ0n) is 12.1. The van der Waals surface area contributed by atoms with Crippen LogP contribution in [0.25, 0.3) is 0 Å². The second-order valence-corrected chi connectivity index (χ2v) is 8.27. The van der Waals surface area contributed by atoms with E-state index in [1.807, 2.05) is 27.7 Å². The monoisotopic (exact) mass is 291 g/mol. The lowest BCUT2D eigenvalue weighted by Gasteiger charge is -2.23. The van der Waals surface area contributed by atoms with Crippen molar-refractivity contribution in [1.29, 1.82) is 0 Å². The van der Waals surface area contributed by atoms with Crippen molar-refractivity contribution in [3.05, 3.63) is 0 Å². The number of hydrogen-bond acceptors (Lipinski definition) is 4. The van der Waals surface area contributed by atoms with Crippen LogP contribution in [0.4, 0.5) is 4.79 Å². The van der Waals surface area contributed by atoms with Crippen LogP contribution in [-0.2, 0) is 13.9 Å². The maximum absolute atomic E-state index is 13.0. The van der Waals surface area contributed by atoms with Gasteiger partial charge in [0.25, 0.3) is 0 Å². The molecule has 0 aromatic carbocycles.